The highest BCUT2D eigenvalue weighted by Gasteiger charge is 2.34. The molecular formula is C21H19N3O5. The monoisotopic (exact) mass is 393 g/mol. The predicted molar refractivity (Wildman–Crippen MR) is 105 cm³/mol. The van der Waals surface area contributed by atoms with Gasteiger partial charge in [0.25, 0.3) is 5.91 Å². The number of benzene rings is 1. The molecule has 1 aliphatic rings. The molecule has 0 radical (unpaired) electrons. The molecule has 0 atom stereocenters. The van der Waals surface area contributed by atoms with Crippen LogP contribution in [0.4, 0.5) is 4.79 Å². The minimum Gasteiger partial charge on any atom is -0.463 e. The van der Waals surface area contributed by atoms with E-state index in [1.807, 2.05) is 37.4 Å². The molecule has 0 unspecified atom stereocenters. The molecule has 1 N–H and O–H groups in total. The van der Waals surface area contributed by atoms with Crippen LogP contribution in [-0.4, -0.2) is 34.5 Å². The van der Waals surface area contributed by atoms with Crippen LogP contribution in [0.3, 0.4) is 0 Å². The molecule has 0 bridgehead atoms. The number of imide groups is 1. The number of nitrogens with one attached hydrogen (secondary N) is 1. The molecule has 3 amide bonds. The second kappa shape index (κ2) is 7.31. The Morgan fingerprint density at radius 2 is 2.00 bits per heavy atom. The predicted octanol–water partition coefficient (Wildman–Crippen LogP) is 3.13. The van der Waals surface area contributed by atoms with E-state index in [1.165, 1.54) is 19.2 Å². The minimum absolute atomic E-state index is 0.0118. The van der Waals surface area contributed by atoms with Gasteiger partial charge in [0.05, 0.1) is 13.7 Å². The van der Waals surface area contributed by atoms with E-state index in [9.17, 15) is 14.4 Å². The first-order valence-corrected chi connectivity index (χ1v) is 9.11. The Bertz CT molecular complexity index is 1150. The van der Waals surface area contributed by atoms with Crippen molar-refractivity contribution in [1.29, 1.82) is 0 Å². The summed E-state index contributed by atoms with van der Waals surface area (Å²) in [7, 11) is 1.24. The molecule has 3 heterocycles. The van der Waals surface area contributed by atoms with Gasteiger partial charge in [0.1, 0.15) is 11.5 Å². The first-order chi connectivity index (χ1) is 14.0. The number of hydrogen-bond donors (Lipinski definition) is 1. The van der Waals surface area contributed by atoms with Crippen molar-refractivity contribution in [2.75, 3.05) is 7.11 Å². The zero-order chi connectivity index (χ0) is 20.5. The fourth-order valence-corrected chi connectivity index (χ4v) is 3.35. The zero-order valence-electron chi connectivity index (χ0n) is 16.0. The van der Waals surface area contributed by atoms with Crippen molar-refractivity contribution in [3.63, 3.8) is 0 Å². The van der Waals surface area contributed by atoms with Crippen LogP contribution in [-0.2, 0) is 22.6 Å². The summed E-state index contributed by atoms with van der Waals surface area (Å²) in [4.78, 5) is 37.6. The number of para-hydroxylation sites is 1. The van der Waals surface area contributed by atoms with E-state index in [2.05, 4.69) is 14.6 Å². The van der Waals surface area contributed by atoms with Gasteiger partial charge in [-0.15, -0.1) is 0 Å². The maximum atomic E-state index is 12.8. The van der Waals surface area contributed by atoms with Crippen LogP contribution >= 0.6 is 0 Å². The van der Waals surface area contributed by atoms with Crippen molar-refractivity contribution in [3.8, 4) is 0 Å². The SMILES string of the molecule is CCn1cc(C=C2NC(=O)N(Cc3ccc(C(=O)OC)o3)C2=O)c2ccccc21. The number of methoxy groups -OCH3 is 1. The molecule has 4 rings (SSSR count). The number of aromatic nitrogens is 1. The number of urea groups is 1. The van der Waals surface area contributed by atoms with Crippen LogP contribution in [0.5, 0.6) is 0 Å². The number of esters is 1. The number of carbonyl (C=O) groups is 3. The number of furan rings is 1. The van der Waals surface area contributed by atoms with E-state index in [0.717, 1.165) is 27.9 Å². The standard InChI is InChI=1S/C21H19N3O5/c1-3-23-11-13(15-6-4-5-7-17(15)23)10-16-19(25)24(21(27)22-16)12-14-8-9-18(29-14)20(26)28-2/h4-11H,3,12H2,1-2H3,(H,22,27). The maximum Gasteiger partial charge on any atom is 0.373 e. The van der Waals surface area contributed by atoms with Gasteiger partial charge in [0.15, 0.2) is 0 Å². The van der Waals surface area contributed by atoms with Crippen molar-refractivity contribution in [1.82, 2.24) is 14.8 Å². The summed E-state index contributed by atoms with van der Waals surface area (Å²) in [6, 6.07) is 10.3. The molecule has 8 nitrogen and oxygen atoms in total. The Morgan fingerprint density at radius 3 is 2.76 bits per heavy atom. The van der Waals surface area contributed by atoms with E-state index in [0.29, 0.717) is 5.76 Å². The average Bonchev–Trinajstić information content (AvgIpc) is 3.41. The second-order valence-corrected chi connectivity index (χ2v) is 6.52. The topological polar surface area (TPSA) is 93.8 Å². The summed E-state index contributed by atoms with van der Waals surface area (Å²) in [5.74, 6) is -0.767. The van der Waals surface area contributed by atoms with Gasteiger partial charge in [-0.1, -0.05) is 18.2 Å². The first-order valence-electron chi connectivity index (χ1n) is 9.11. The summed E-state index contributed by atoms with van der Waals surface area (Å²) >= 11 is 0. The van der Waals surface area contributed by atoms with Crippen LogP contribution in [0.25, 0.3) is 17.0 Å². The fourth-order valence-electron chi connectivity index (χ4n) is 3.35. The third-order valence-electron chi connectivity index (χ3n) is 4.78. The molecule has 0 spiro atoms. The number of fused-ring (bicyclic) bond motifs is 1. The largest absolute Gasteiger partial charge is 0.463 e. The second-order valence-electron chi connectivity index (χ2n) is 6.52. The molecule has 148 valence electrons. The molecule has 1 aliphatic heterocycles. The summed E-state index contributed by atoms with van der Waals surface area (Å²) in [6.07, 6.45) is 3.63. The molecule has 2 aromatic heterocycles. The van der Waals surface area contributed by atoms with Crippen molar-refractivity contribution in [3.05, 3.63) is 65.4 Å². The van der Waals surface area contributed by atoms with Gasteiger partial charge in [0, 0.05) is 29.2 Å². The Hall–Kier alpha value is -3.81. The van der Waals surface area contributed by atoms with Gasteiger partial charge in [-0.25, -0.2) is 9.59 Å². The lowest BCUT2D eigenvalue weighted by Gasteiger charge is -2.09. The Labute approximate surface area is 166 Å². The number of ether oxygens (including phenoxy) is 1. The van der Waals surface area contributed by atoms with Gasteiger partial charge < -0.3 is 19.0 Å². The Kier molecular flexibility index (Phi) is 4.67. The van der Waals surface area contributed by atoms with Crippen LogP contribution in [0.15, 0.2) is 52.7 Å². The van der Waals surface area contributed by atoms with Crippen molar-refractivity contribution in [2.45, 2.75) is 20.0 Å². The summed E-state index contributed by atoms with van der Waals surface area (Å²) in [5.41, 5.74) is 2.09. The summed E-state index contributed by atoms with van der Waals surface area (Å²) in [6.45, 7) is 2.74. The molecule has 1 fully saturated rings. The summed E-state index contributed by atoms with van der Waals surface area (Å²) in [5, 5.41) is 3.61. The number of hydrogen-bond acceptors (Lipinski definition) is 5. The van der Waals surface area contributed by atoms with E-state index >= 15 is 0 Å². The molecule has 3 aromatic rings. The van der Waals surface area contributed by atoms with Gasteiger partial charge >= 0.3 is 12.0 Å². The molecule has 0 aliphatic carbocycles. The lowest BCUT2D eigenvalue weighted by Crippen LogP contribution is -2.30. The van der Waals surface area contributed by atoms with Gasteiger partial charge in [-0.2, -0.15) is 0 Å². The lowest BCUT2D eigenvalue weighted by molar-refractivity contribution is -0.123. The number of rotatable bonds is 5. The maximum absolute atomic E-state index is 12.8. The van der Waals surface area contributed by atoms with Gasteiger partial charge in [-0.3, -0.25) is 9.69 Å². The zero-order valence-corrected chi connectivity index (χ0v) is 16.0. The average molecular weight is 393 g/mol. The van der Waals surface area contributed by atoms with Crippen LogP contribution in [0.1, 0.15) is 28.8 Å². The van der Waals surface area contributed by atoms with E-state index in [4.69, 9.17) is 4.42 Å². The molecule has 1 saturated heterocycles. The van der Waals surface area contributed by atoms with Crippen molar-refractivity contribution >= 4 is 34.9 Å². The van der Waals surface area contributed by atoms with Crippen LogP contribution in [0.2, 0.25) is 0 Å². The highest BCUT2D eigenvalue weighted by molar-refractivity contribution is 6.14. The van der Waals surface area contributed by atoms with E-state index < -0.39 is 17.9 Å². The van der Waals surface area contributed by atoms with Crippen LogP contribution < -0.4 is 5.32 Å². The molecule has 0 saturated carbocycles. The minimum atomic E-state index is -0.624. The summed E-state index contributed by atoms with van der Waals surface area (Å²) < 4.78 is 12.0. The Balaban J connectivity index is 1.60. The smallest absolute Gasteiger partial charge is 0.373 e. The van der Waals surface area contributed by atoms with Crippen molar-refractivity contribution < 1.29 is 23.5 Å². The third-order valence-corrected chi connectivity index (χ3v) is 4.78. The van der Waals surface area contributed by atoms with E-state index in [1.54, 1.807) is 6.08 Å². The van der Waals surface area contributed by atoms with Crippen molar-refractivity contribution in [2.24, 2.45) is 0 Å². The van der Waals surface area contributed by atoms with Gasteiger partial charge in [-0.05, 0) is 31.2 Å². The number of aryl methyl sites for hydroxylation is 1. The molecular weight excluding hydrogens is 374 g/mol. The highest BCUT2D eigenvalue weighted by atomic mass is 16.5. The third kappa shape index (κ3) is 3.29. The molecule has 1 aromatic carbocycles. The first kappa shape index (κ1) is 18.5. The van der Waals surface area contributed by atoms with E-state index in [-0.39, 0.29) is 18.0 Å². The number of carbonyl (C=O) groups excluding carboxylic acids is 3. The van der Waals surface area contributed by atoms with Gasteiger partial charge in [0.2, 0.25) is 5.76 Å². The van der Waals surface area contributed by atoms with Crippen LogP contribution in [0, 0.1) is 0 Å². The number of nitrogens with zero attached hydrogens (tertiary/aromatic N) is 2. The fraction of sp³-hybridized carbons (Fsp3) is 0.190. The lowest BCUT2D eigenvalue weighted by atomic mass is 10.1. The normalized spacial score (nSPS) is 15.4. The number of amides is 3. The highest BCUT2D eigenvalue weighted by Crippen LogP contribution is 2.25. The quantitative estimate of drug-likeness (QED) is 0.408. The Morgan fingerprint density at radius 1 is 1.21 bits per heavy atom. The molecule has 29 heavy (non-hydrogen) atoms. The molecule has 8 heteroatoms.